The molecule has 18 heteroatoms. The minimum Gasteiger partial charge on any atom is -0.505 e. The Labute approximate surface area is 282 Å². The molecule has 0 aliphatic carbocycles. The van der Waals surface area contributed by atoms with Crippen molar-refractivity contribution in [2.75, 3.05) is 39.4 Å². The van der Waals surface area contributed by atoms with Crippen LogP contribution in [0.25, 0.3) is 33.5 Å². The summed E-state index contributed by atoms with van der Waals surface area (Å²) in [6.45, 7) is 4.55. The number of aliphatic hydroxyl groups excluding tert-OH is 3. The number of aryl methyl sites for hydroxylation is 1. The van der Waals surface area contributed by atoms with Crippen molar-refractivity contribution in [2.24, 2.45) is 0 Å². The largest absolute Gasteiger partial charge is 0.505 e. The van der Waals surface area contributed by atoms with Crippen molar-refractivity contribution in [3.63, 3.8) is 0 Å². The smallest absolute Gasteiger partial charge is 0.335 e. The number of carboxylic acid groups (broad SMARTS) is 2. The number of hydrogen-bond acceptors (Lipinski definition) is 11. The Morgan fingerprint density at radius 1 is 1.06 bits per heavy atom. The molecule has 268 valence electrons. The molecule has 1 saturated heterocycles. The molecule has 3 atom stereocenters. The van der Waals surface area contributed by atoms with Crippen LogP contribution in [0.1, 0.15) is 23.9 Å². The monoisotopic (exact) mass is 702 g/mol. The van der Waals surface area contributed by atoms with E-state index >= 15 is 4.39 Å². The molecule has 2 aromatic heterocycles. The lowest BCUT2D eigenvalue weighted by molar-refractivity contribution is -0.165. The normalized spacial score (nSPS) is 17.5. The zero-order chi connectivity index (χ0) is 36.3. The van der Waals surface area contributed by atoms with Gasteiger partial charge in [0, 0.05) is 26.1 Å². The quantitative estimate of drug-likeness (QED) is 0.119. The number of carboxylic acids is 2. The highest BCUT2D eigenvalue weighted by Crippen LogP contribution is 2.35. The number of fused-ring (bicyclic) bond motifs is 2. The lowest BCUT2D eigenvalue weighted by Crippen LogP contribution is -2.49. The van der Waals surface area contributed by atoms with Gasteiger partial charge in [-0.1, -0.05) is 6.92 Å². The summed E-state index contributed by atoms with van der Waals surface area (Å²) in [6.07, 6.45) is -3.72. The number of carbonyl (C=O) groups is 3. The van der Waals surface area contributed by atoms with Crippen molar-refractivity contribution in [3.05, 3.63) is 52.9 Å². The molecular formula is C32H36F2N6O10. The minimum atomic E-state index is -2.27. The van der Waals surface area contributed by atoms with Gasteiger partial charge < -0.3 is 45.3 Å². The van der Waals surface area contributed by atoms with E-state index in [4.69, 9.17) is 25.2 Å². The van der Waals surface area contributed by atoms with E-state index in [-0.39, 0.29) is 30.5 Å². The number of halogens is 2. The van der Waals surface area contributed by atoms with Crippen LogP contribution in [0.4, 0.5) is 8.78 Å². The second kappa shape index (κ2) is 15.3. The first-order chi connectivity index (χ1) is 23.8. The second-order valence-corrected chi connectivity index (χ2v) is 11.8. The summed E-state index contributed by atoms with van der Waals surface area (Å²) in [4.78, 5) is 44.2. The molecule has 1 fully saturated rings. The van der Waals surface area contributed by atoms with E-state index in [2.05, 4.69) is 20.2 Å². The zero-order valence-electron chi connectivity index (χ0n) is 26.8. The lowest BCUT2D eigenvalue weighted by Gasteiger charge is -2.34. The number of aromatic nitrogens is 4. The topological polar surface area (TPSA) is 246 Å². The van der Waals surface area contributed by atoms with Gasteiger partial charge in [-0.2, -0.15) is 5.10 Å². The standard InChI is InChI=1S/C28H30F2N6O4.C4H6O6/c1-2-15-9-24(38)19(29)10-18(15)16-7-20(30)26-22(8-16)33-34-27(26)28-31-21-3-4-36(12-23(21)32-28)25(39)13-35-5-6-40-17(11-35)14-37;5-1(3(7)8)2(6)4(9)10/h7-10,17,37-38H,2-6,11-14H2,1H3,(H,31,32)(H,33,34);1-2,5-6H,(H,7,8)(H,9,10)/t17-;/m1./s1. The van der Waals surface area contributed by atoms with Gasteiger partial charge in [-0.15, -0.1) is 0 Å². The summed E-state index contributed by atoms with van der Waals surface area (Å²) in [5, 5.41) is 59.1. The number of phenols is 1. The molecule has 1 amide bonds. The molecule has 0 bridgehead atoms. The molecule has 2 aromatic carbocycles. The summed E-state index contributed by atoms with van der Waals surface area (Å²) >= 11 is 0. The molecule has 0 radical (unpaired) electrons. The SMILES string of the molecule is CCc1cc(O)c(F)cc1-c1cc(F)c2c(-c3nc4c([nH]3)CN(C(=O)CN3CCO[C@@H](CO)C3)CC4)n[nH]c2c1.O=C(O)C(O)C(O)C(=O)O. The van der Waals surface area contributed by atoms with Crippen molar-refractivity contribution < 1.29 is 58.5 Å². The Hall–Kier alpha value is -5.01. The van der Waals surface area contributed by atoms with Crippen molar-refractivity contribution in [1.82, 2.24) is 30.0 Å². The van der Waals surface area contributed by atoms with Crippen LogP contribution in [0.5, 0.6) is 5.75 Å². The number of benzene rings is 2. The Morgan fingerprint density at radius 2 is 1.78 bits per heavy atom. The van der Waals surface area contributed by atoms with Crippen LogP contribution in [-0.2, 0) is 38.5 Å². The van der Waals surface area contributed by atoms with E-state index in [1.54, 1.807) is 11.0 Å². The molecule has 50 heavy (non-hydrogen) atoms. The number of nitrogens with zero attached hydrogens (tertiary/aromatic N) is 4. The molecule has 2 unspecified atom stereocenters. The average Bonchev–Trinajstić information content (AvgIpc) is 3.73. The van der Waals surface area contributed by atoms with Gasteiger partial charge >= 0.3 is 11.9 Å². The predicted octanol–water partition coefficient (Wildman–Crippen LogP) is 0.621. The maximum atomic E-state index is 15.5. The highest BCUT2D eigenvalue weighted by molar-refractivity contribution is 5.95. The zero-order valence-corrected chi connectivity index (χ0v) is 26.8. The van der Waals surface area contributed by atoms with Gasteiger partial charge in [0.2, 0.25) is 5.91 Å². The number of phenolic OH excluding ortho intramolecular Hbond substituents is 1. The average molecular weight is 703 g/mol. The molecule has 4 heterocycles. The molecular weight excluding hydrogens is 666 g/mol. The highest BCUT2D eigenvalue weighted by atomic mass is 19.1. The first kappa shape index (κ1) is 36.3. The number of aromatic amines is 2. The highest BCUT2D eigenvalue weighted by Gasteiger charge is 2.30. The van der Waals surface area contributed by atoms with Crippen molar-refractivity contribution in [3.8, 4) is 28.4 Å². The third kappa shape index (κ3) is 7.74. The molecule has 0 saturated carbocycles. The first-order valence-corrected chi connectivity index (χ1v) is 15.6. The van der Waals surface area contributed by atoms with Crippen LogP contribution in [-0.4, -0.2) is 136 Å². The number of carbonyl (C=O) groups excluding carboxylic acids is 1. The number of aromatic hydroxyl groups is 1. The fourth-order valence-electron chi connectivity index (χ4n) is 5.82. The number of H-pyrrole nitrogens is 2. The third-order valence-electron chi connectivity index (χ3n) is 8.48. The number of nitrogens with one attached hydrogen (secondary N) is 2. The Kier molecular flexibility index (Phi) is 11.1. The summed E-state index contributed by atoms with van der Waals surface area (Å²) in [6, 6.07) is 5.61. The van der Waals surface area contributed by atoms with Crippen LogP contribution in [0.2, 0.25) is 0 Å². The number of ether oxygens (including phenoxy) is 1. The first-order valence-electron chi connectivity index (χ1n) is 15.6. The van der Waals surface area contributed by atoms with E-state index in [1.807, 2.05) is 11.8 Å². The van der Waals surface area contributed by atoms with E-state index in [0.29, 0.717) is 79.4 Å². The predicted molar refractivity (Wildman–Crippen MR) is 170 cm³/mol. The maximum absolute atomic E-state index is 15.5. The van der Waals surface area contributed by atoms with Crippen LogP contribution < -0.4 is 0 Å². The number of hydrogen-bond donors (Lipinski definition) is 8. The van der Waals surface area contributed by atoms with E-state index < -0.39 is 41.5 Å². The number of aliphatic hydroxyl groups is 3. The molecule has 2 aliphatic rings. The fraction of sp³-hybridized carbons (Fsp3) is 0.406. The van der Waals surface area contributed by atoms with Crippen molar-refractivity contribution in [2.45, 2.75) is 44.6 Å². The molecule has 6 rings (SSSR count). The van der Waals surface area contributed by atoms with Gasteiger partial charge in [0.1, 0.15) is 11.5 Å². The maximum Gasteiger partial charge on any atom is 0.335 e. The molecule has 4 aromatic rings. The Morgan fingerprint density at radius 3 is 2.44 bits per heavy atom. The van der Waals surface area contributed by atoms with Crippen molar-refractivity contribution >= 4 is 28.7 Å². The van der Waals surface area contributed by atoms with Gasteiger partial charge in [-0.25, -0.2) is 23.4 Å². The van der Waals surface area contributed by atoms with Crippen molar-refractivity contribution in [1.29, 1.82) is 0 Å². The molecule has 0 spiro atoms. The number of morpholine rings is 1. The summed E-state index contributed by atoms with van der Waals surface area (Å²) in [5.41, 5.74) is 4.00. The van der Waals surface area contributed by atoms with Crippen LogP contribution in [0.3, 0.4) is 0 Å². The van der Waals surface area contributed by atoms with E-state index in [9.17, 15) is 29.0 Å². The van der Waals surface area contributed by atoms with Gasteiger partial charge in [-0.05, 0) is 47.4 Å². The van der Waals surface area contributed by atoms with E-state index in [0.717, 1.165) is 11.4 Å². The van der Waals surface area contributed by atoms with Gasteiger partial charge in [0.15, 0.2) is 29.6 Å². The van der Waals surface area contributed by atoms with Crippen LogP contribution >= 0.6 is 0 Å². The fourth-order valence-corrected chi connectivity index (χ4v) is 5.82. The molecule has 8 N–H and O–H groups in total. The number of amides is 1. The number of aliphatic carboxylic acids is 2. The van der Waals surface area contributed by atoms with Gasteiger partial charge in [-0.3, -0.25) is 14.8 Å². The van der Waals surface area contributed by atoms with Gasteiger partial charge in [0.25, 0.3) is 0 Å². The minimum absolute atomic E-state index is 0.0127. The molecule has 2 aliphatic heterocycles. The van der Waals surface area contributed by atoms with Gasteiger partial charge in [0.05, 0.1) is 54.7 Å². The van der Waals surface area contributed by atoms with Crippen LogP contribution in [0, 0.1) is 11.6 Å². The summed E-state index contributed by atoms with van der Waals surface area (Å²) < 4.78 is 35.1. The number of rotatable bonds is 9. The Bertz CT molecular complexity index is 1880. The van der Waals surface area contributed by atoms with Crippen LogP contribution in [0.15, 0.2) is 24.3 Å². The number of imidazole rings is 1. The summed E-state index contributed by atoms with van der Waals surface area (Å²) in [5.74, 6) is -4.90. The Balaban J connectivity index is 0.000000425. The summed E-state index contributed by atoms with van der Waals surface area (Å²) in [7, 11) is 0. The molecule has 16 nitrogen and oxygen atoms in total. The third-order valence-corrected chi connectivity index (χ3v) is 8.48. The van der Waals surface area contributed by atoms with E-state index in [1.165, 1.54) is 18.2 Å². The second-order valence-electron chi connectivity index (χ2n) is 11.8. The lowest BCUT2D eigenvalue weighted by atomic mass is 9.96.